The first kappa shape index (κ1) is 12.5. The summed E-state index contributed by atoms with van der Waals surface area (Å²) in [6.07, 6.45) is 1.83. The molecule has 1 atom stereocenters. The molecule has 0 radical (unpaired) electrons. The molecule has 0 saturated carbocycles. The highest BCUT2D eigenvalue weighted by atomic mass is 79.9. The molecule has 0 aromatic carbocycles. The van der Waals surface area contributed by atoms with Crippen LogP contribution in [0.15, 0.2) is 0 Å². The highest BCUT2D eigenvalue weighted by Gasteiger charge is 2.28. The van der Waals surface area contributed by atoms with Gasteiger partial charge >= 0.3 is 0 Å². The third-order valence-corrected chi connectivity index (χ3v) is 3.54. The third kappa shape index (κ3) is 3.19. The van der Waals surface area contributed by atoms with Crippen LogP contribution in [0.4, 0.5) is 0 Å². The molecule has 0 aromatic heterocycles. The Balaban J connectivity index is 2.50. The Morgan fingerprint density at radius 2 is 2.33 bits per heavy atom. The van der Waals surface area contributed by atoms with E-state index in [0.717, 1.165) is 12.8 Å². The van der Waals surface area contributed by atoms with Crippen LogP contribution in [0.1, 0.15) is 19.8 Å². The number of likely N-dealkylation sites (N-methyl/N-ethyl adjacent to an activating group) is 1. The van der Waals surface area contributed by atoms with Gasteiger partial charge in [-0.3, -0.25) is 9.59 Å². The van der Waals surface area contributed by atoms with E-state index in [1.165, 1.54) is 0 Å². The number of halogens is 1. The van der Waals surface area contributed by atoms with Crippen LogP contribution < -0.4 is 0 Å². The zero-order valence-corrected chi connectivity index (χ0v) is 10.8. The molecule has 2 amide bonds. The maximum Gasteiger partial charge on any atom is 0.241 e. The number of hydrogen-bond donors (Lipinski definition) is 0. The van der Waals surface area contributed by atoms with Gasteiger partial charge in [0.2, 0.25) is 11.8 Å². The zero-order chi connectivity index (χ0) is 11.4. The zero-order valence-electron chi connectivity index (χ0n) is 9.20. The predicted octanol–water partition coefficient (Wildman–Crippen LogP) is 0.851. The van der Waals surface area contributed by atoms with Crippen molar-refractivity contribution in [3.63, 3.8) is 0 Å². The van der Waals surface area contributed by atoms with Gasteiger partial charge < -0.3 is 9.80 Å². The van der Waals surface area contributed by atoms with Crippen molar-refractivity contribution in [3.8, 4) is 0 Å². The Kier molecular flexibility index (Phi) is 4.57. The molecule has 1 unspecified atom stereocenters. The second-order valence-corrected chi connectivity index (χ2v) is 4.88. The normalized spacial score (nSPS) is 21.7. The minimum absolute atomic E-state index is 0.00690. The van der Waals surface area contributed by atoms with Gasteiger partial charge in [-0.2, -0.15) is 0 Å². The molecule has 0 N–H and O–H groups in total. The minimum atomic E-state index is -0.106. The van der Waals surface area contributed by atoms with Crippen LogP contribution in [0, 0.1) is 0 Å². The van der Waals surface area contributed by atoms with Gasteiger partial charge in [-0.15, -0.1) is 0 Å². The number of piperidine rings is 1. The first-order chi connectivity index (χ1) is 7.06. The molecule has 1 aliphatic heterocycles. The lowest BCUT2D eigenvalue weighted by atomic mass is 10.1. The van der Waals surface area contributed by atoms with E-state index in [-0.39, 0.29) is 23.2 Å². The van der Waals surface area contributed by atoms with Gasteiger partial charge in [-0.05, 0) is 19.8 Å². The van der Waals surface area contributed by atoms with Crippen LogP contribution >= 0.6 is 15.9 Å². The number of rotatable bonds is 3. The average molecular weight is 277 g/mol. The lowest BCUT2D eigenvalue weighted by Gasteiger charge is -2.30. The summed E-state index contributed by atoms with van der Waals surface area (Å²) >= 11 is 3.32. The van der Waals surface area contributed by atoms with Crippen LogP contribution in [-0.2, 0) is 9.59 Å². The predicted molar refractivity (Wildman–Crippen MR) is 61.8 cm³/mol. The molecule has 1 fully saturated rings. The number of nitrogens with zero attached hydrogens (tertiary/aromatic N) is 2. The Hall–Kier alpha value is -0.580. The number of amides is 2. The molecular weight excluding hydrogens is 260 g/mol. The van der Waals surface area contributed by atoms with Crippen LogP contribution in [-0.4, -0.2) is 53.1 Å². The molecule has 0 bridgehead atoms. The summed E-state index contributed by atoms with van der Waals surface area (Å²) in [5, 5.41) is 0. The van der Waals surface area contributed by atoms with Crippen LogP contribution in [0.5, 0.6) is 0 Å². The maximum absolute atomic E-state index is 11.7. The molecule has 5 heteroatoms. The van der Waals surface area contributed by atoms with Crippen LogP contribution in [0.2, 0.25) is 0 Å². The van der Waals surface area contributed by atoms with Gasteiger partial charge in [0.05, 0.1) is 11.4 Å². The fourth-order valence-electron chi connectivity index (χ4n) is 1.51. The molecule has 1 aliphatic rings. The summed E-state index contributed by atoms with van der Waals surface area (Å²) in [5.74, 6) is 0.0477. The average Bonchev–Trinajstić information content (AvgIpc) is 2.23. The molecule has 4 nitrogen and oxygen atoms in total. The topological polar surface area (TPSA) is 40.6 Å². The van der Waals surface area contributed by atoms with E-state index in [4.69, 9.17) is 0 Å². The highest BCUT2D eigenvalue weighted by molar-refractivity contribution is 9.10. The molecular formula is C10H17BrN2O2. The fourth-order valence-corrected chi connectivity index (χ4v) is 2.12. The van der Waals surface area contributed by atoms with Crippen molar-refractivity contribution >= 4 is 27.7 Å². The second-order valence-electron chi connectivity index (χ2n) is 3.78. The summed E-state index contributed by atoms with van der Waals surface area (Å²) in [6.45, 7) is 3.51. The molecule has 15 heavy (non-hydrogen) atoms. The number of carbonyl (C=O) groups is 2. The second kappa shape index (κ2) is 5.49. The molecule has 1 heterocycles. The Bertz CT molecular complexity index is 258. The van der Waals surface area contributed by atoms with Crippen LogP contribution in [0.25, 0.3) is 0 Å². The molecule has 0 aliphatic carbocycles. The van der Waals surface area contributed by atoms with Crippen molar-refractivity contribution in [1.82, 2.24) is 9.80 Å². The van der Waals surface area contributed by atoms with Crippen molar-refractivity contribution < 1.29 is 9.59 Å². The SMILES string of the molecule is CCN(C)C(=O)CN1CCCC(Br)C1=O. The van der Waals surface area contributed by atoms with E-state index in [1.807, 2.05) is 6.92 Å². The van der Waals surface area contributed by atoms with E-state index in [1.54, 1.807) is 16.8 Å². The highest BCUT2D eigenvalue weighted by Crippen LogP contribution is 2.18. The van der Waals surface area contributed by atoms with Crippen molar-refractivity contribution in [2.45, 2.75) is 24.6 Å². The van der Waals surface area contributed by atoms with Crippen molar-refractivity contribution in [3.05, 3.63) is 0 Å². The van der Waals surface area contributed by atoms with E-state index >= 15 is 0 Å². The van der Waals surface area contributed by atoms with Gasteiger partial charge in [0.1, 0.15) is 0 Å². The van der Waals surface area contributed by atoms with Gasteiger partial charge in [0, 0.05) is 20.1 Å². The van der Waals surface area contributed by atoms with Gasteiger partial charge in [0.15, 0.2) is 0 Å². The van der Waals surface area contributed by atoms with Gasteiger partial charge in [-0.1, -0.05) is 15.9 Å². The molecule has 0 spiro atoms. The Labute approximate surface area is 98.7 Å². The lowest BCUT2D eigenvalue weighted by Crippen LogP contribution is -2.47. The lowest BCUT2D eigenvalue weighted by molar-refractivity contribution is -0.140. The monoisotopic (exact) mass is 276 g/mol. The minimum Gasteiger partial charge on any atom is -0.345 e. The summed E-state index contributed by atoms with van der Waals surface area (Å²) in [5.41, 5.74) is 0. The number of likely N-dealkylation sites (tertiary alicyclic amines) is 1. The van der Waals surface area contributed by atoms with E-state index in [0.29, 0.717) is 13.1 Å². The summed E-state index contributed by atoms with van der Waals surface area (Å²) < 4.78 is 0. The first-order valence-electron chi connectivity index (χ1n) is 5.23. The molecule has 0 aromatic rings. The summed E-state index contributed by atoms with van der Waals surface area (Å²) in [7, 11) is 1.75. The third-order valence-electron chi connectivity index (χ3n) is 2.69. The van der Waals surface area contributed by atoms with Crippen molar-refractivity contribution in [2.75, 3.05) is 26.7 Å². The standard InChI is InChI=1S/C10H17BrN2O2/c1-3-12(2)9(14)7-13-6-4-5-8(11)10(13)15/h8H,3-7H2,1-2H3. The fraction of sp³-hybridized carbons (Fsp3) is 0.800. The molecule has 86 valence electrons. The Morgan fingerprint density at radius 3 is 2.93 bits per heavy atom. The molecule has 1 rings (SSSR count). The van der Waals surface area contributed by atoms with E-state index < -0.39 is 0 Å². The van der Waals surface area contributed by atoms with Crippen molar-refractivity contribution in [2.24, 2.45) is 0 Å². The summed E-state index contributed by atoms with van der Waals surface area (Å²) in [4.78, 5) is 26.5. The quantitative estimate of drug-likeness (QED) is 0.718. The van der Waals surface area contributed by atoms with Crippen molar-refractivity contribution in [1.29, 1.82) is 0 Å². The number of alkyl halides is 1. The number of carbonyl (C=O) groups excluding carboxylic acids is 2. The Morgan fingerprint density at radius 1 is 1.67 bits per heavy atom. The van der Waals surface area contributed by atoms with Gasteiger partial charge in [0.25, 0.3) is 0 Å². The van der Waals surface area contributed by atoms with E-state index in [9.17, 15) is 9.59 Å². The smallest absolute Gasteiger partial charge is 0.241 e. The first-order valence-corrected chi connectivity index (χ1v) is 6.14. The largest absolute Gasteiger partial charge is 0.345 e. The van der Waals surface area contributed by atoms with Gasteiger partial charge in [-0.25, -0.2) is 0 Å². The summed E-state index contributed by atoms with van der Waals surface area (Å²) in [6, 6.07) is 0. The maximum atomic E-state index is 11.7. The van der Waals surface area contributed by atoms with E-state index in [2.05, 4.69) is 15.9 Å². The van der Waals surface area contributed by atoms with Crippen LogP contribution in [0.3, 0.4) is 0 Å². The number of hydrogen-bond acceptors (Lipinski definition) is 2. The molecule has 1 saturated heterocycles.